The Bertz CT molecular complexity index is 377. The van der Waals surface area contributed by atoms with E-state index in [1.54, 1.807) is 0 Å². The second-order valence-corrected chi connectivity index (χ2v) is 5.69. The summed E-state index contributed by atoms with van der Waals surface area (Å²) >= 11 is 0. The van der Waals surface area contributed by atoms with E-state index in [2.05, 4.69) is 17.6 Å². The van der Waals surface area contributed by atoms with E-state index >= 15 is 0 Å². The minimum atomic E-state index is -1.41. The van der Waals surface area contributed by atoms with Crippen molar-refractivity contribution in [1.29, 1.82) is 0 Å². The van der Waals surface area contributed by atoms with Gasteiger partial charge in [-0.05, 0) is 18.3 Å². The van der Waals surface area contributed by atoms with E-state index in [1.807, 2.05) is 0 Å². The molecule has 0 radical (unpaired) electrons. The molecule has 1 rings (SSSR count). The minimum Gasteiger partial charge on any atom is -0.481 e. The number of hydrogen-bond donors (Lipinski definition) is 4. The molecule has 0 aromatic heterocycles. The summed E-state index contributed by atoms with van der Waals surface area (Å²) < 4.78 is 0. The first-order valence-electron chi connectivity index (χ1n) is 6.81. The van der Waals surface area contributed by atoms with Gasteiger partial charge in [-0.25, -0.2) is 9.59 Å². The second kappa shape index (κ2) is 7.12. The molecule has 0 aromatic carbocycles. The zero-order valence-electron chi connectivity index (χ0n) is 11.6. The SMILES string of the molecule is CC1(CNC(=O)N[C@@H](CC(=O)O)C(=O)O)CCCCC1. The van der Waals surface area contributed by atoms with E-state index in [4.69, 9.17) is 10.2 Å². The highest BCUT2D eigenvalue weighted by Gasteiger charge is 2.28. The van der Waals surface area contributed by atoms with E-state index in [0.717, 1.165) is 25.7 Å². The van der Waals surface area contributed by atoms with E-state index in [1.165, 1.54) is 6.42 Å². The largest absolute Gasteiger partial charge is 0.481 e. The Morgan fingerprint density at radius 1 is 1.15 bits per heavy atom. The highest BCUT2D eigenvalue weighted by atomic mass is 16.4. The fourth-order valence-electron chi connectivity index (χ4n) is 2.46. The van der Waals surface area contributed by atoms with Crippen molar-refractivity contribution in [3.63, 3.8) is 0 Å². The first-order chi connectivity index (χ1) is 9.32. The molecule has 20 heavy (non-hydrogen) atoms. The summed E-state index contributed by atoms with van der Waals surface area (Å²) in [5.74, 6) is -2.62. The zero-order valence-corrected chi connectivity index (χ0v) is 11.6. The molecule has 0 spiro atoms. The molecular weight excluding hydrogens is 264 g/mol. The molecule has 1 aliphatic carbocycles. The smallest absolute Gasteiger partial charge is 0.326 e. The van der Waals surface area contributed by atoms with Crippen molar-refractivity contribution >= 4 is 18.0 Å². The number of carboxylic acids is 2. The molecule has 0 heterocycles. The van der Waals surface area contributed by atoms with Gasteiger partial charge in [0.25, 0.3) is 0 Å². The van der Waals surface area contributed by atoms with Crippen LogP contribution in [0.5, 0.6) is 0 Å². The predicted octanol–water partition coefficient (Wildman–Crippen LogP) is 1.18. The van der Waals surface area contributed by atoms with Gasteiger partial charge in [-0.15, -0.1) is 0 Å². The van der Waals surface area contributed by atoms with Crippen molar-refractivity contribution in [2.75, 3.05) is 6.54 Å². The molecule has 2 amide bonds. The molecule has 114 valence electrons. The van der Waals surface area contributed by atoms with Crippen LogP contribution in [-0.2, 0) is 9.59 Å². The normalized spacial score (nSPS) is 18.9. The van der Waals surface area contributed by atoms with Crippen LogP contribution < -0.4 is 10.6 Å². The van der Waals surface area contributed by atoms with Crippen LogP contribution in [0.2, 0.25) is 0 Å². The molecular formula is C13H22N2O5. The fraction of sp³-hybridized carbons (Fsp3) is 0.769. The number of carboxylic acid groups (broad SMARTS) is 2. The maximum absolute atomic E-state index is 11.6. The molecule has 4 N–H and O–H groups in total. The van der Waals surface area contributed by atoms with Gasteiger partial charge in [-0.3, -0.25) is 4.79 Å². The number of carbonyl (C=O) groups excluding carboxylic acids is 1. The number of aliphatic carboxylic acids is 2. The third-order valence-corrected chi connectivity index (χ3v) is 3.72. The third-order valence-electron chi connectivity index (χ3n) is 3.72. The van der Waals surface area contributed by atoms with Gasteiger partial charge < -0.3 is 20.8 Å². The van der Waals surface area contributed by atoms with Crippen LogP contribution in [0.1, 0.15) is 45.4 Å². The highest BCUT2D eigenvalue weighted by molar-refractivity contribution is 5.86. The van der Waals surface area contributed by atoms with E-state index in [-0.39, 0.29) is 5.41 Å². The lowest BCUT2D eigenvalue weighted by molar-refractivity contribution is -0.145. The molecule has 0 unspecified atom stereocenters. The Kier molecular flexibility index (Phi) is 5.79. The van der Waals surface area contributed by atoms with Gasteiger partial charge >= 0.3 is 18.0 Å². The van der Waals surface area contributed by atoms with Crippen LogP contribution in [0, 0.1) is 5.41 Å². The van der Waals surface area contributed by atoms with Crippen molar-refractivity contribution in [2.45, 2.75) is 51.5 Å². The monoisotopic (exact) mass is 286 g/mol. The van der Waals surface area contributed by atoms with E-state index < -0.39 is 30.4 Å². The molecule has 1 aliphatic rings. The molecule has 0 aliphatic heterocycles. The number of nitrogens with one attached hydrogen (secondary N) is 2. The summed E-state index contributed by atoms with van der Waals surface area (Å²) in [6.07, 6.45) is 4.91. The molecule has 1 fully saturated rings. The molecule has 7 nitrogen and oxygen atoms in total. The molecule has 0 aromatic rings. The van der Waals surface area contributed by atoms with Crippen LogP contribution in [0.25, 0.3) is 0 Å². The van der Waals surface area contributed by atoms with Gasteiger partial charge in [0.05, 0.1) is 6.42 Å². The maximum Gasteiger partial charge on any atom is 0.326 e. The predicted molar refractivity (Wildman–Crippen MR) is 71.4 cm³/mol. The quantitative estimate of drug-likeness (QED) is 0.585. The van der Waals surface area contributed by atoms with Crippen LogP contribution >= 0.6 is 0 Å². The Hall–Kier alpha value is -1.79. The molecule has 7 heteroatoms. The summed E-state index contributed by atoms with van der Waals surface area (Å²) in [4.78, 5) is 33.0. The van der Waals surface area contributed by atoms with Crippen molar-refractivity contribution in [3.8, 4) is 0 Å². The summed E-state index contributed by atoms with van der Waals surface area (Å²) in [6, 6.07) is -2.04. The number of rotatable bonds is 6. The Balaban J connectivity index is 2.41. The van der Waals surface area contributed by atoms with Crippen LogP contribution in [-0.4, -0.2) is 40.8 Å². The molecule has 0 bridgehead atoms. The standard InChI is InChI=1S/C13H22N2O5/c1-13(5-3-2-4-6-13)8-14-12(20)15-9(11(18)19)7-10(16)17/h9H,2-8H2,1H3,(H,16,17)(H,18,19)(H2,14,15,20)/t9-/m0/s1. The number of carbonyl (C=O) groups is 3. The van der Waals surface area contributed by atoms with Crippen LogP contribution in [0.4, 0.5) is 4.79 Å². The summed E-state index contributed by atoms with van der Waals surface area (Å²) in [5, 5.41) is 22.2. The Labute approximate surface area is 117 Å². The second-order valence-electron chi connectivity index (χ2n) is 5.69. The molecule has 0 saturated heterocycles. The van der Waals surface area contributed by atoms with Crippen LogP contribution in [0.15, 0.2) is 0 Å². The summed E-state index contributed by atoms with van der Waals surface area (Å²) in [7, 11) is 0. The average Bonchev–Trinajstić information content (AvgIpc) is 2.36. The Morgan fingerprint density at radius 3 is 2.25 bits per heavy atom. The topological polar surface area (TPSA) is 116 Å². The first kappa shape index (κ1) is 16.3. The van der Waals surface area contributed by atoms with Gasteiger partial charge in [0.15, 0.2) is 0 Å². The summed E-state index contributed by atoms with van der Waals surface area (Å²) in [6.45, 7) is 2.57. The lowest BCUT2D eigenvalue weighted by Gasteiger charge is -2.33. The Morgan fingerprint density at radius 2 is 1.75 bits per heavy atom. The summed E-state index contributed by atoms with van der Waals surface area (Å²) in [5.41, 5.74) is 0.0428. The zero-order chi connectivity index (χ0) is 15.2. The molecule has 1 saturated carbocycles. The van der Waals surface area contributed by atoms with Crippen molar-refractivity contribution < 1.29 is 24.6 Å². The van der Waals surface area contributed by atoms with Crippen LogP contribution in [0.3, 0.4) is 0 Å². The van der Waals surface area contributed by atoms with Gasteiger partial charge in [0.2, 0.25) is 0 Å². The van der Waals surface area contributed by atoms with Gasteiger partial charge in [-0.2, -0.15) is 0 Å². The minimum absolute atomic E-state index is 0.0428. The van der Waals surface area contributed by atoms with Gasteiger partial charge in [0.1, 0.15) is 6.04 Å². The fourth-order valence-corrected chi connectivity index (χ4v) is 2.46. The third kappa shape index (κ3) is 5.46. The van der Waals surface area contributed by atoms with Crippen molar-refractivity contribution in [1.82, 2.24) is 10.6 Å². The van der Waals surface area contributed by atoms with Gasteiger partial charge in [0, 0.05) is 6.54 Å². The highest BCUT2D eigenvalue weighted by Crippen LogP contribution is 2.34. The van der Waals surface area contributed by atoms with E-state index in [0.29, 0.717) is 6.54 Å². The maximum atomic E-state index is 11.6. The van der Waals surface area contributed by atoms with Crippen molar-refractivity contribution in [3.05, 3.63) is 0 Å². The lowest BCUT2D eigenvalue weighted by atomic mass is 9.76. The average molecular weight is 286 g/mol. The van der Waals surface area contributed by atoms with Gasteiger partial charge in [-0.1, -0.05) is 26.2 Å². The van der Waals surface area contributed by atoms with E-state index in [9.17, 15) is 14.4 Å². The lowest BCUT2D eigenvalue weighted by Crippen LogP contribution is -2.49. The number of hydrogen-bond acceptors (Lipinski definition) is 3. The molecule has 1 atom stereocenters. The number of amides is 2. The van der Waals surface area contributed by atoms with Crippen molar-refractivity contribution in [2.24, 2.45) is 5.41 Å². The number of urea groups is 1. The first-order valence-corrected chi connectivity index (χ1v) is 6.81.